The highest BCUT2D eigenvalue weighted by atomic mass is 35.5. The maximum Gasteiger partial charge on any atom is 0.321 e. The standard InChI is InChI=1S/C21H24ClN3O3/c1-28-19-5-3-2-4-18(19)24-21(27)25-12-10-15(11-13-25)14-23-20(26)16-6-8-17(22)9-7-16/h2-9,15H,10-14H2,1H3,(H,23,26)(H,24,27). The Morgan fingerprint density at radius 3 is 2.46 bits per heavy atom. The number of halogens is 1. The van der Waals surface area contributed by atoms with Gasteiger partial charge in [-0.1, -0.05) is 23.7 Å². The zero-order valence-corrected chi connectivity index (χ0v) is 16.5. The number of carbonyl (C=O) groups excluding carboxylic acids is 2. The maximum absolute atomic E-state index is 12.5. The van der Waals surface area contributed by atoms with E-state index in [1.165, 1.54) is 0 Å². The van der Waals surface area contributed by atoms with Crippen molar-refractivity contribution in [2.75, 3.05) is 32.1 Å². The zero-order valence-electron chi connectivity index (χ0n) is 15.8. The minimum Gasteiger partial charge on any atom is -0.495 e. The Labute approximate surface area is 169 Å². The average molecular weight is 402 g/mol. The van der Waals surface area contributed by atoms with Gasteiger partial charge in [-0.25, -0.2) is 4.79 Å². The second-order valence-electron chi connectivity index (χ2n) is 6.78. The van der Waals surface area contributed by atoms with Gasteiger partial charge < -0.3 is 20.3 Å². The van der Waals surface area contributed by atoms with Crippen molar-refractivity contribution >= 4 is 29.2 Å². The first-order chi connectivity index (χ1) is 13.6. The van der Waals surface area contributed by atoms with Crippen molar-refractivity contribution in [1.82, 2.24) is 10.2 Å². The fourth-order valence-corrected chi connectivity index (χ4v) is 3.35. The van der Waals surface area contributed by atoms with Gasteiger partial charge in [0.25, 0.3) is 5.91 Å². The van der Waals surface area contributed by atoms with E-state index in [4.69, 9.17) is 16.3 Å². The summed E-state index contributed by atoms with van der Waals surface area (Å²) in [6.07, 6.45) is 1.69. The highest BCUT2D eigenvalue weighted by molar-refractivity contribution is 6.30. The molecule has 0 aromatic heterocycles. The third kappa shape index (κ3) is 5.16. The lowest BCUT2D eigenvalue weighted by Gasteiger charge is -2.32. The van der Waals surface area contributed by atoms with Crippen molar-refractivity contribution in [3.8, 4) is 5.75 Å². The van der Waals surface area contributed by atoms with Crippen LogP contribution in [0.1, 0.15) is 23.2 Å². The number of hydrogen-bond donors (Lipinski definition) is 2. The minimum absolute atomic E-state index is 0.104. The van der Waals surface area contributed by atoms with Gasteiger partial charge in [0.1, 0.15) is 5.75 Å². The fourth-order valence-electron chi connectivity index (χ4n) is 3.22. The van der Waals surface area contributed by atoms with E-state index in [-0.39, 0.29) is 11.9 Å². The van der Waals surface area contributed by atoms with Crippen LogP contribution >= 0.6 is 11.6 Å². The predicted octanol–water partition coefficient (Wildman–Crippen LogP) is 4.02. The van der Waals surface area contributed by atoms with Crippen LogP contribution in [0.4, 0.5) is 10.5 Å². The molecule has 3 amide bonds. The molecular weight excluding hydrogens is 378 g/mol. The Morgan fingerprint density at radius 2 is 1.79 bits per heavy atom. The number of anilines is 1. The van der Waals surface area contributed by atoms with E-state index in [2.05, 4.69) is 10.6 Å². The number of amides is 3. The highest BCUT2D eigenvalue weighted by Gasteiger charge is 2.23. The first-order valence-corrected chi connectivity index (χ1v) is 9.67. The number of nitrogens with one attached hydrogen (secondary N) is 2. The van der Waals surface area contributed by atoms with Gasteiger partial charge in [-0.15, -0.1) is 0 Å². The number of urea groups is 1. The lowest BCUT2D eigenvalue weighted by molar-refractivity contribution is 0.0938. The summed E-state index contributed by atoms with van der Waals surface area (Å²) >= 11 is 5.85. The molecule has 3 rings (SSSR count). The van der Waals surface area contributed by atoms with Crippen LogP contribution in [-0.2, 0) is 0 Å². The van der Waals surface area contributed by atoms with E-state index in [1.807, 2.05) is 24.3 Å². The van der Waals surface area contributed by atoms with Crippen molar-refractivity contribution in [1.29, 1.82) is 0 Å². The largest absolute Gasteiger partial charge is 0.495 e. The molecule has 28 heavy (non-hydrogen) atoms. The molecular formula is C21H24ClN3O3. The van der Waals surface area contributed by atoms with Crippen LogP contribution in [0, 0.1) is 5.92 Å². The molecule has 0 saturated carbocycles. The molecule has 1 aliphatic rings. The first kappa shape index (κ1) is 20.0. The number of piperidine rings is 1. The lowest BCUT2D eigenvalue weighted by atomic mass is 9.97. The Morgan fingerprint density at radius 1 is 1.11 bits per heavy atom. The van der Waals surface area contributed by atoms with E-state index in [1.54, 1.807) is 36.3 Å². The summed E-state index contributed by atoms with van der Waals surface area (Å²) < 4.78 is 5.27. The Hall–Kier alpha value is -2.73. The van der Waals surface area contributed by atoms with Crippen LogP contribution in [0.5, 0.6) is 5.75 Å². The quantitative estimate of drug-likeness (QED) is 0.794. The Bertz CT molecular complexity index is 818. The van der Waals surface area contributed by atoms with Gasteiger partial charge in [0.05, 0.1) is 12.8 Å². The summed E-state index contributed by atoms with van der Waals surface area (Å²) in [6.45, 7) is 1.91. The second kappa shape index (κ2) is 9.46. The zero-order chi connectivity index (χ0) is 19.9. The molecule has 0 unspecified atom stereocenters. The summed E-state index contributed by atoms with van der Waals surface area (Å²) in [5.41, 5.74) is 1.25. The normalized spacial score (nSPS) is 14.4. The molecule has 2 aromatic carbocycles. The number of methoxy groups -OCH3 is 1. The molecule has 1 fully saturated rings. The summed E-state index contributed by atoms with van der Waals surface area (Å²) in [4.78, 5) is 26.5. The number of rotatable bonds is 5. The van der Waals surface area contributed by atoms with Gasteiger partial charge >= 0.3 is 6.03 Å². The van der Waals surface area contributed by atoms with Gasteiger partial charge in [-0.3, -0.25) is 4.79 Å². The van der Waals surface area contributed by atoms with Crippen molar-refractivity contribution in [3.05, 3.63) is 59.1 Å². The third-order valence-corrected chi connectivity index (χ3v) is 5.16. The molecule has 1 saturated heterocycles. The van der Waals surface area contributed by atoms with Crippen LogP contribution < -0.4 is 15.4 Å². The molecule has 0 radical (unpaired) electrons. The Kier molecular flexibility index (Phi) is 6.76. The molecule has 0 spiro atoms. The van der Waals surface area contributed by atoms with Crippen molar-refractivity contribution in [2.45, 2.75) is 12.8 Å². The number of para-hydroxylation sites is 2. The lowest BCUT2D eigenvalue weighted by Crippen LogP contribution is -2.43. The molecule has 6 nitrogen and oxygen atoms in total. The number of carbonyl (C=O) groups is 2. The third-order valence-electron chi connectivity index (χ3n) is 4.91. The van der Waals surface area contributed by atoms with E-state index >= 15 is 0 Å². The molecule has 0 bridgehead atoms. The fraction of sp³-hybridized carbons (Fsp3) is 0.333. The number of hydrogen-bond acceptors (Lipinski definition) is 3. The number of benzene rings is 2. The van der Waals surface area contributed by atoms with Gasteiger partial charge in [-0.05, 0) is 55.2 Å². The Balaban J connectivity index is 1.44. The molecule has 2 N–H and O–H groups in total. The van der Waals surface area contributed by atoms with Crippen LogP contribution in [0.2, 0.25) is 5.02 Å². The summed E-state index contributed by atoms with van der Waals surface area (Å²) in [5.74, 6) is 0.884. The second-order valence-corrected chi connectivity index (χ2v) is 7.21. The maximum atomic E-state index is 12.5. The van der Waals surface area contributed by atoms with E-state index in [0.717, 1.165) is 12.8 Å². The van der Waals surface area contributed by atoms with Crippen LogP contribution in [0.3, 0.4) is 0 Å². The topological polar surface area (TPSA) is 70.7 Å². The predicted molar refractivity (Wildman–Crippen MR) is 110 cm³/mol. The van der Waals surface area contributed by atoms with Gasteiger partial charge in [0.15, 0.2) is 0 Å². The number of ether oxygens (including phenoxy) is 1. The van der Waals surface area contributed by atoms with Gasteiger partial charge in [0, 0.05) is 30.2 Å². The number of nitrogens with zero attached hydrogens (tertiary/aromatic N) is 1. The van der Waals surface area contributed by atoms with Crippen molar-refractivity contribution in [3.63, 3.8) is 0 Å². The molecule has 1 aliphatic heterocycles. The van der Waals surface area contributed by atoms with Crippen molar-refractivity contribution in [2.24, 2.45) is 5.92 Å². The number of likely N-dealkylation sites (tertiary alicyclic amines) is 1. The van der Waals surface area contributed by atoms with E-state index in [9.17, 15) is 9.59 Å². The molecule has 7 heteroatoms. The molecule has 0 aliphatic carbocycles. The smallest absolute Gasteiger partial charge is 0.321 e. The highest BCUT2D eigenvalue weighted by Crippen LogP contribution is 2.24. The molecule has 2 aromatic rings. The molecule has 0 atom stereocenters. The van der Waals surface area contributed by atoms with Crippen LogP contribution in [-0.4, -0.2) is 43.6 Å². The van der Waals surface area contributed by atoms with E-state index < -0.39 is 0 Å². The summed E-state index contributed by atoms with van der Waals surface area (Å²) in [6, 6.07) is 14.0. The SMILES string of the molecule is COc1ccccc1NC(=O)N1CCC(CNC(=O)c2ccc(Cl)cc2)CC1. The monoisotopic (exact) mass is 401 g/mol. The van der Waals surface area contributed by atoms with E-state index in [0.29, 0.717) is 47.6 Å². The molecule has 1 heterocycles. The van der Waals surface area contributed by atoms with Gasteiger partial charge in [0.2, 0.25) is 0 Å². The average Bonchev–Trinajstić information content (AvgIpc) is 2.73. The first-order valence-electron chi connectivity index (χ1n) is 9.29. The molecule has 148 valence electrons. The van der Waals surface area contributed by atoms with Crippen LogP contribution in [0.25, 0.3) is 0 Å². The summed E-state index contributed by atoms with van der Waals surface area (Å²) in [7, 11) is 1.58. The van der Waals surface area contributed by atoms with Crippen LogP contribution in [0.15, 0.2) is 48.5 Å². The van der Waals surface area contributed by atoms with Crippen molar-refractivity contribution < 1.29 is 14.3 Å². The van der Waals surface area contributed by atoms with Gasteiger partial charge in [-0.2, -0.15) is 0 Å². The summed E-state index contributed by atoms with van der Waals surface area (Å²) in [5, 5.41) is 6.48. The minimum atomic E-state index is -0.131.